The highest BCUT2D eigenvalue weighted by atomic mass is 35.5. The standard InChI is InChI=1S/C17H20ClNO4S/c1-19(2)24(20,21)17-10-8-16(9-11-17)23-13-3-12-22-15-6-4-14(18)5-7-15/h4-11H,3,12-13H2,1-2H3. The van der Waals surface area contributed by atoms with Gasteiger partial charge < -0.3 is 9.47 Å². The van der Waals surface area contributed by atoms with Gasteiger partial charge in [0, 0.05) is 25.5 Å². The highest BCUT2D eigenvalue weighted by Gasteiger charge is 2.16. The summed E-state index contributed by atoms with van der Waals surface area (Å²) in [5.74, 6) is 1.39. The first-order chi connectivity index (χ1) is 11.4. The first kappa shape index (κ1) is 18.6. The molecule has 0 N–H and O–H groups in total. The minimum Gasteiger partial charge on any atom is -0.493 e. The van der Waals surface area contributed by atoms with Crippen LogP contribution in [0.5, 0.6) is 11.5 Å². The summed E-state index contributed by atoms with van der Waals surface area (Å²) in [5, 5.41) is 0.672. The zero-order valence-electron chi connectivity index (χ0n) is 13.6. The van der Waals surface area contributed by atoms with E-state index < -0.39 is 10.0 Å². The zero-order chi connectivity index (χ0) is 17.6. The van der Waals surface area contributed by atoms with Gasteiger partial charge in [-0.1, -0.05) is 11.6 Å². The minimum atomic E-state index is -3.41. The summed E-state index contributed by atoms with van der Waals surface area (Å²) in [6.45, 7) is 1.00. The maximum absolute atomic E-state index is 12.0. The van der Waals surface area contributed by atoms with Crippen molar-refractivity contribution < 1.29 is 17.9 Å². The number of benzene rings is 2. The summed E-state index contributed by atoms with van der Waals surface area (Å²) in [7, 11) is -0.407. The van der Waals surface area contributed by atoms with Gasteiger partial charge in [-0.2, -0.15) is 0 Å². The van der Waals surface area contributed by atoms with Gasteiger partial charge >= 0.3 is 0 Å². The van der Waals surface area contributed by atoms with Gasteiger partial charge in [0.25, 0.3) is 0 Å². The fourth-order valence-electron chi connectivity index (χ4n) is 1.89. The molecule has 0 bridgehead atoms. The highest BCUT2D eigenvalue weighted by Crippen LogP contribution is 2.18. The number of nitrogens with zero attached hydrogens (tertiary/aromatic N) is 1. The largest absolute Gasteiger partial charge is 0.493 e. The van der Waals surface area contributed by atoms with Crippen LogP contribution in [0.2, 0.25) is 5.02 Å². The number of sulfonamides is 1. The Balaban J connectivity index is 1.76. The topological polar surface area (TPSA) is 55.8 Å². The Morgan fingerprint density at radius 1 is 0.875 bits per heavy atom. The van der Waals surface area contributed by atoms with E-state index in [2.05, 4.69) is 0 Å². The second-order valence-corrected chi connectivity index (χ2v) is 7.85. The molecule has 0 radical (unpaired) electrons. The average molecular weight is 370 g/mol. The number of halogens is 1. The van der Waals surface area contributed by atoms with Crippen molar-refractivity contribution in [3.8, 4) is 11.5 Å². The second kappa shape index (κ2) is 8.37. The van der Waals surface area contributed by atoms with E-state index in [0.29, 0.717) is 30.4 Å². The van der Waals surface area contributed by atoms with Crippen LogP contribution in [-0.4, -0.2) is 40.0 Å². The van der Waals surface area contributed by atoms with Crippen LogP contribution in [0, 0.1) is 0 Å². The Kier molecular flexibility index (Phi) is 6.48. The van der Waals surface area contributed by atoms with Crippen LogP contribution < -0.4 is 9.47 Å². The lowest BCUT2D eigenvalue weighted by Crippen LogP contribution is -2.22. The third-order valence-corrected chi connectivity index (χ3v) is 5.32. The third kappa shape index (κ3) is 5.12. The van der Waals surface area contributed by atoms with Crippen LogP contribution in [0.1, 0.15) is 6.42 Å². The SMILES string of the molecule is CN(C)S(=O)(=O)c1ccc(OCCCOc2ccc(Cl)cc2)cc1. The zero-order valence-corrected chi connectivity index (χ0v) is 15.2. The smallest absolute Gasteiger partial charge is 0.242 e. The fraction of sp³-hybridized carbons (Fsp3) is 0.294. The molecule has 2 rings (SSSR count). The Labute approximate surface area is 147 Å². The molecule has 7 heteroatoms. The van der Waals surface area contributed by atoms with Crippen molar-refractivity contribution in [1.82, 2.24) is 4.31 Å². The Morgan fingerprint density at radius 2 is 1.33 bits per heavy atom. The first-order valence-electron chi connectivity index (χ1n) is 7.43. The third-order valence-electron chi connectivity index (χ3n) is 3.24. The molecule has 0 saturated heterocycles. The second-order valence-electron chi connectivity index (χ2n) is 5.26. The summed E-state index contributed by atoms with van der Waals surface area (Å²) >= 11 is 5.80. The van der Waals surface area contributed by atoms with Gasteiger partial charge in [-0.25, -0.2) is 12.7 Å². The normalized spacial score (nSPS) is 11.5. The lowest BCUT2D eigenvalue weighted by molar-refractivity contribution is 0.247. The lowest BCUT2D eigenvalue weighted by atomic mass is 10.3. The van der Waals surface area contributed by atoms with Crippen molar-refractivity contribution in [1.29, 1.82) is 0 Å². The van der Waals surface area contributed by atoms with Gasteiger partial charge in [0.1, 0.15) is 11.5 Å². The summed E-state index contributed by atoms with van der Waals surface area (Å²) in [4.78, 5) is 0.242. The Hall–Kier alpha value is -1.76. The van der Waals surface area contributed by atoms with Crippen molar-refractivity contribution in [2.24, 2.45) is 0 Å². The predicted octanol–water partition coefficient (Wildman–Crippen LogP) is 3.44. The van der Waals surface area contributed by atoms with E-state index in [4.69, 9.17) is 21.1 Å². The van der Waals surface area contributed by atoms with Crippen LogP contribution in [0.3, 0.4) is 0 Å². The molecular weight excluding hydrogens is 350 g/mol. The molecule has 0 saturated carbocycles. The van der Waals surface area contributed by atoms with Crippen LogP contribution in [-0.2, 0) is 10.0 Å². The van der Waals surface area contributed by atoms with Crippen molar-refractivity contribution >= 4 is 21.6 Å². The van der Waals surface area contributed by atoms with Crippen LogP contribution in [0.15, 0.2) is 53.4 Å². The van der Waals surface area contributed by atoms with Crippen LogP contribution in [0.25, 0.3) is 0 Å². The molecule has 0 aliphatic heterocycles. The van der Waals surface area contributed by atoms with Crippen molar-refractivity contribution in [2.75, 3.05) is 27.3 Å². The summed E-state index contributed by atoms with van der Waals surface area (Å²) in [6.07, 6.45) is 0.709. The maximum Gasteiger partial charge on any atom is 0.242 e. The molecule has 0 aliphatic rings. The van der Waals surface area contributed by atoms with E-state index in [-0.39, 0.29) is 4.90 Å². The quantitative estimate of drug-likeness (QED) is 0.669. The number of rotatable bonds is 8. The molecule has 2 aromatic rings. The molecule has 0 amide bonds. The molecule has 0 aromatic heterocycles. The van der Waals surface area contributed by atoms with E-state index in [9.17, 15) is 8.42 Å². The summed E-state index contributed by atoms with van der Waals surface area (Å²) in [5.41, 5.74) is 0. The fourth-order valence-corrected chi connectivity index (χ4v) is 2.92. The molecule has 5 nitrogen and oxygen atoms in total. The monoisotopic (exact) mass is 369 g/mol. The molecule has 0 spiro atoms. The van der Waals surface area contributed by atoms with Gasteiger partial charge in [-0.15, -0.1) is 0 Å². The van der Waals surface area contributed by atoms with E-state index >= 15 is 0 Å². The van der Waals surface area contributed by atoms with Gasteiger partial charge in [-0.3, -0.25) is 0 Å². The van der Waals surface area contributed by atoms with E-state index in [1.54, 1.807) is 24.3 Å². The molecule has 0 unspecified atom stereocenters. The van der Waals surface area contributed by atoms with Crippen LogP contribution in [0.4, 0.5) is 0 Å². The van der Waals surface area contributed by atoms with Crippen LogP contribution >= 0.6 is 11.6 Å². The lowest BCUT2D eigenvalue weighted by Gasteiger charge is -2.12. The molecule has 0 atom stereocenters. The molecule has 0 heterocycles. The van der Waals surface area contributed by atoms with Crippen molar-refractivity contribution in [3.63, 3.8) is 0 Å². The number of hydrogen-bond donors (Lipinski definition) is 0. The Morgan fingerprint density at radius 3 is 1.79 bits per heavy atom. The predicted molar refractivity (Wildman–Crippen MR) is 94.4 cm³/mol. The first-order valence-corrected chi connectivity index (χ1v) is 9.25. The minimum absolute atomic E-state index is 0.242. The van der Waals surface area contributed by atoms with E-state index in [1.807, 2.05) is 12.1 Å². The highest BCUT2D eigenvalue weighted by molar-refractivity contribution is 7.89. The van der Waals surface area contributed by atoms with Crippen molar-refractivity contribution in [3.05, 3.63) is 53.6 Å². The molecule has 130 valence electrons. The van der Waals surface area contributed by atoms with Gasteiger partial charge in [0.2, 0.25) is 10.0 Å². The molecular formula is C17H20ClNO4S. The van der Waals surface area contributed by atoms with Gasteiger partial charge in [0.15, 0.2) is 0 Å². The van der Waals surface area contributed by atoms with Crippen molar-refractivity contribution in [2.45, 2.75) is 11.3 Å². The summed E-state index contributed by atoms with van der Waals surface area (Å²) < 4.78 is 36.2. The van der Waals surface area contributed by atoms with Gasteiger partial charge in [-0.05, 0) is 48.5 Å². The molecule has 0 aliphatic carbocycles. The molecule has 2 aromatic carbocycles. The summed E-state index contributed by atoms with van der Waals surface area (Å²) in [6, 6.07) is 13.5. The average Bonchev–Trinajstić information content (AvgIpc) is 2.56. The van der Waals surface area contributed by atoms with E-state index in [0.717, 1.165) is 5.75 Å². The number of hydrogen-bond acceptors (Lipinski definition) is 4. The Bertz CT molecular complexity index is 743. The maximum atomic E-state index is 12.0. The molecule has 24 heavy (non-hydrogen) atoms. The molecule has 0 fully saturated rings. The van der Waals surface area contributed by atoms with Gasteiger partial charge in [0.05, 0.1) is 18.1 Å². The van der Waals surface area contributed by atoms with E-state index in [1.165, 1.54) is 30.5 Å². The number of ether oxygens (including phenoxy) is 2.